The molecule has 2 atom stereocenters. The van der Waals surface area contributed by atoms with Gasteiger partial charge in [-0.1, -0.05) is 0 Å². The molecule has 0 saturated carbocycles. The summed E-state index contributed by atoms with van der Waals surface area (Å²) in [4.78, 5) is 11.2. The van der Waals surface area contributed by atoms with Crippen LogP contribution in [0.3, 0.4) is 0 Å². The number of aromatic amines is 1. The van der Waals surface area contributed by atoms with Gasteiger partial charge in [0.1, 0.15) is 11.8 Å². The maximum atomic E-state index is 9.60. The van der Waals surface area contributed by atoms with Gasteiger partial charge in [0.25, 0.3) is 0 Å². The zero-order valence-corrected chi connectivity index (χ0v) is 12.0. The number of nitrogens with two attached hydrogens (primary N) is 1. The number of nitrogens with zero attached hydrogens (tertiary/aromatic N) is 2. The molecular formula is C12H19N5O2S. The van der Waals surface area contributed by atoms with Crippen LogP contribution in [0.15, 0.2) is 12.5 Å². The van der Waals surface area contributed by atoms with E-state index >= 15 is 0 Å². The van der Waals surface area contributed by atoms with E-state index < -0.39 is 0 Å². The molecular weight excluding hydrogens is 278 g/mol. The van der Waals surface area contributed by atoms with Gasteiger partial charge in [0.2, 0.25) is 0 Å². The van der Waals surface area contributed by atoms with E-state index in [1.165, 1.54) is 6.33 Å². The number of rotatable bonds is 7. The third-order valence-corrected chi connectivity index (χ3v) is 3.84. The Morgan fingerprint density at radius 1 is 1.40 bits per heavy atom. The highest BCUT2D eigenvalue weighted by molar-refractivity contribution is 7.98. The summed E-state index contributed by atoms with van der Waals surface area (Å²) < 4.78 is 0. The normalized spacial score (nSPS) is 14.6. The number of hydrogen-bond acceptors (Lipinski definition) is 7. The minimum Gasteiger partial charge on any atom is -0.395 e. The zero-order chi connectivity index (χ0) is 14.5. The molecule has 0 aliphatic rings. The summed E-state index contributed by atoms with van der Waals surface area (Å²) in [5.74, 6) is 1.13. The van der Waals surface area contributed by atoms with Crippen molar-refractivity contribution in [3.63, 3.8) is 0 Å². The fourth-order valence-corrected chi connectivity index (χ4v) is 2.73. The number of aliphatic hydroxyl groups is 2. The molecule has 0 radical (unpaired) electrons. The molecule has 8 heteroatoms. The van der Waals surface area contributed by atoms with Crippen molar-refractivity contribution in [3.8, 4) is 0 Å². The van der Waals surface area contributed by atoms with Crippen LogP contribution in [0, 0.1) is 0 Å². The number of fused-ring (bicyclic) bond motifs is 1. The van der Waals surface area contributed by atoms with Gasteiger partial charge in [-0.25, -0.2) is 9.97 Å². The summed E-state index contributed by atoms with van der Waals surface area (Å²) in [6, 6.07) is -0.409. The van der Waals surface area contributed by atoms with Crippen molar-refractivity contribution < 1.29 is 10.2 Å². The van der Waals surface area contributed by atoms with Crippen LogP contribution in [0.1, 0.15) is 11.6 Å². The van der Waals surface area contributed by atoms with Gasteiger partial charge in [-0.15, -0.1) is 0 Å². The predicted octanol–water partition coefficient (Wildman–Crippen LogP) is -0.113. The van der Waals surface area contributed by atoms with Crippen LogP contribution < -0.4 is 11.1 Å². The van der Waals surface area contributed by atoms with E-state index in [1.54, 1.807) is 18.0 Å². The highest BCUT2D eigenvalue weighted by Gasteiger charge is 2.20. The Balaban J connectivity index is 2.27. The molecule has 0 spiro atoms. The first-order chi connectivity index (χ1) is 9.71. The van der Waals surface area contributed by atoms with Gasteiger partial charge in [0.15, 0.2) is 5.82 Å². The Hall–Kier alpha value is -1.35. The molecule has 6 N–H and O–H groups in total. The van der Waals surface area contributed by atoms with E-state index in [-0.39, 0.29) is 25.3 Å². The van der Waals surface area contributed by atoms with Gasteiger partial charge in [0.05, 0.1) is 24.8 Å². The van der Waals surface area contributed by atoms with Gasteiger partial charge in [0, 0.05) is 23.6 Å². The van der Waals surface area contributed by atoms with Crippen LogP contribution >= 0.6 is 11.8 Å². The number of hydrogen-bond donors (Lipinski definition) is 5. The lowest BCUT2D eigenvalue weighted by atomic mass is 10.1. The summed E-state index contributed by atoms with van der Waals surface area (Å²) in [6.45, 7) is -0.0848. The van der Waals surface area contributed by atoms with E-state index in [4.69, 9.17) is 5.73 Å². The summed E-state index contributed by atoms with van der Waals surface area (Å²) in [7, 11) is 0. The number of H-pyrrole nitrogens is 1. The Morgan fingerprint density at radius 2 is 2.20 bits per heavy atom. The standard InChI is InChI=1S/C12H19N5O2S/c1-20-5-7(3-18)17-9(4-19)8-2-14-11-10(8)15-6-16-12(11)13/h2,6-7,9,14,17-19H,3-5H2,1H3,(H2,13,15,16)/t7?,9-/m0/s1. The van der Waals surface area contributed by atoms with Gasteiger partial charge in [-0.3, -0.25) is 0 Å². The van der Waals surface area contributed by atoms with Crippen LogP contribution in [0.2, 0.25) is 0 Å². The molecule has 0 bridgehead atoms. The molecule has 2 rings (SSSR count). The molecule has 0 amide bonds. The van der Waals surface area contributed by atoms with Gasteiger partial charge in [-0.2, -0.15) is 11.8 Å². The molecule has 20 heavy (non-hydrogen) atoms. The lowest BCUT2D eigenvalue weighted by molar-refractivity contribution is 0.202. The van der Waals surface area contributed by atoms with Crippen molar-refractivity contribution in [2.24, 2.45) is 0 Å². The van der Waals surface area contributed by atoms with Crippen LogP contribution in [0.25, 0.3) is 11.0 Å². The fraction of sp³-hybridized carbons (Fsp3) is 0.500. The van der Waals surface area contributed by atoms with Crippen molar-refractivity contribution in [1.29, 1.82) is 0 Å². The van der Waals surface area contributed by atoms with Crippen molar-refractivity contribution in [1.82, 2.24) is 20.3 Å². The maximum absolute atomic E-state index is 9.60. The first-order valence-corrected chi connectivity index (χ1v) is 7.64. The zero-order valence-electron chi connectivity index (χ0n) is 11.2. The molecule has 2 heterocycles. The van der Waals surface area contributed by atoms with Crippen molar-refractivity contribution in [3.05, 3.63) is 18.1 Å². The molecule has 0 aliphatic carbocycles. The number of aliphatic hydroxyl groups excluding tert-OH is 2. The highest BCUT2D eigenvalue weighted by atomic mass is 32.2. The van der Waals surface area contributed by atoms with E-state index in [9.17, 15) is 10.2 Å². The lowest BCUT2D eigenvalue weighted by Gasteiger charge is -2.22. The molecule has 0 saturated heterocycles. The molecule has 2 aromatic heterocycles. The smallest absolute Gasteiger partial charge is 0.151 e. The van der Waals surface area contributed by atoms with Crippen molar-refractivity contribution in [2.45, 2.75) is 12.1 Å². The molecule has 2 aromatic rings. The fourth-order valence-electron chi connectivity index (χ4n) is 2.12. The Labute approximate surface area is 121 Å². The average molecular weight is 297 g/mol. The van der Waals surface area contributed by atoms with Crippen LogP contribution in [-0.2, 0) is 0 Å². The second-order valence-corrected chi connectivity index (χ2v) is 5.37. The largest absolute Gasteiger partial charge is 0.395 e. The minimum atomic E-state index is -0.317. The molecule has 0 aliphatic heterocycles. The Bertz CT molecular complexity index is 562. The number of anilines is 1. The van der Waals surface area contributed by atoms with Gasteiger partial charge < -0.3 is 26.2 Å². The third-order valence-electron chi connectivity index (χ3n) is 3.11. The van der Waals surface area contributed by atoms with Gasteiger partial charge in [-0.05, 0) is 6.26 Å². The quantitative estimate of drug-likeness (QED) is 0.483. The van der Waals surface area contributed by atoms with Crippen molar-refractivity contribution >= 4 is 28.6 Å². The topological polar surface area (TPSA) is 120 Å². The summed E-state index contributed by atoms with van der Waals surface area (Å²) in [6.07, 6.45) is 5.13. The maximum Gasteiger partial charge on any atom is 0.151 e. The average Bonchev–Trinajstić information content (AvgIpc) is 2.89. The van der Waals surface area contributed by atoms with E-state index in [1.807, 2.05) is 6.26 Å². The van der Waals surface area contributed by atoms with E-state index in [0.29, 0.717) is 16.9 Å². The second kappa shape index (κ2) is 6.89. The van der Waals surface area contributed by atoms with Crippen LogP contribution in [0.4, 0.5) is 5.82 Å². The Kier molecular flexibility index (Phi) is 5.18. The predicted molar refractivity (Wildman–Crippen MR) is 80.5 cm³/mol. The highest BCUT2D eigenvalue weighted by Crippen LogP contribution is 2.24. The molecule has 1 unspecified atom stereocenters. The molecule has 0 fully saturated rings. The monoisotopic (exact) mass is 297 g/mol. The SMILES string of the molecule is CSCC(CO)N[C@@H](CO)c1c[nH]c2c(N)ncnc12. The lowest BCUT2D eigenvalue weighted by Crippen LogP contribution is -2.39. The summed E-state index contributed by atoms with van der Waals surface area (Å²) >= 11 is 1.63. The first kappa shape index (κ1) is 15.0. The first-order valence-electron chi connectivity index (χ1n) is 6.25. The Morgan fingerprint density at radius 3 is 2.85 bits per heavy atom. The molecule has 110 valence electrons. The van der Waals surface area contributed by atoms with Gasteiger partial charge >= 0.3 is 0 Å². The molecule has 7 nitrogen and oxygen atoms in total. The second-order valence-electron chi connectivity index (χ2n) is 4.46. The number of aromatic nitrogens is 3. The van der Waals surface area contributed by atoms with Crippen LogP contribution in [-0.4, -0.2) is 56.4 Å². The number of nitrogen functional groups attached to an aromatic ring is 1. The summed E-state index contributed by atoms with van der Waals surface area (Å²) in [5, 5.41) is 22.2. The molecule has 0 aromatic carbocycles. The third kappa shape index (κ3) is 3.04. The minimum absolute atomic E-state index is 0.0107. The van der Waals surface area contributed by atoms with E-state index in [2.05, 4.69) is 20.3 Å². The van der Waals surface area contributed by atoms with Crippen molar-refractivity contribution in [2.75, 3.05) is 31.0 Å². The van der Waals surface area contributed by atoms with Crippen LogP contribution in [0.5, 0.6) is 0 Å². The number of nitrogens with one attached hydrogen (secondary N) is 2. The number of thioether (sulfide) groups is 1. The summed E-state index contributed by atoms with van der Waals surface area (Å²) in [5.41, 5.74) is 7.94. The van der Waals surface area contributed by atoms with E-state index in [0.717, 1.165) is 11.3 Å².